The van der Waals surface area contributed by atoms with Crippen molar-refractivity contribution in [2.24, 2.45) is 11.7 Å². The Kier molecular flexibility index (Phi) is 5.79. The second-order valence-electron chi connectivity index (χ2n) is 5.57. The molecule has 5 nitrogen and oxygen atoms in total. The Hall–Kier alpha value is -0.470. The molecular formula is C14H22BrN3O2S. The summed E-state index contributed by atoms with van der Waals surface area (Å²) in [6, 6.07) is 5.10. The smallest absolute Gasteiger partial charge is 0.241 e. The van der Waals surface area contributed by atoms with E-state index in [9.17, 15) is 8.42 Å². The molecule has 1 aliphatic heterocycles. The summed E-state index contributed by atoms with van der Waals surface area (Å²) in [6.45, 7) is 2.95. The van der Waals surface area contributed by atoms with E-state index in [0.717, 1.165) is 31.5 Å². The lowest BCUT2D eigenvalue weighted by Gasteiger charge is -2.28. The minimum absolute atomic E-state index is 0.271. The zero-order valence-corrected chi connectivity index (χ0v) is 14.6. The average molecular weight is 376 g/mol. The standard InChI is InChI=1S/C14H22BrN3O2S/c1-18-6-4-11(5-7-18)10-17-21(19,20)14-3-2-12(9-16)8-13(14)15/h2-3,8,11,17H,4-7,9-10,16H2,1H3. The fraction of sp³-hybridized carbons (Fsp3) is 0.571. The first-order chi connectivity index (χ1) is 9.92. The third-order valence-electron chi connectivity index (χ3n) is 3.92. The second kappa shape index (κ2) is 7.19. The molecule has 2 rings (SSSR count). The molecule has 1 aromatic rings. The van der Waals surface area contributed by atoms with Crippen LogP contribution < -0.4 is 10.5 Å². The van der Waals surface area contributed by atoms with E-state index in [0.29, 0.717) is 23.5 Å². The average Bonchev–Trinajstić information content (AvgIpc) is 2.46. The molecule has 1 aromatic carbocycles. The summed E-state index contributed by atoms with van der Waals surface area (Å²) in [5.74, 6) is 0.415. The zero-order chi connectivity index (χ0) is 15.5. The minimum atomic E-state index is -3.48. The molecule has 118 valence electrons. The molecule has 0 aliphatic carbocycles. The van der Waals surface area contributed by atoms with Gasteiger partial charge in [0.15, 0.2) is 0 Å². The van der Waals surface area contributed by atoms with Crippen molar-refractivity contribution >= 4 is 26.0 Å². The summed E-state index contributed by atoms with van der Waals surface area (Å²) in [6.07, 6.45) is 2.07. The van der Waals surface area contributed by atoms with Crippen LogP contribution in [-0.4, -0.2) is 40.0 Å². The molecule has 1 aliphatic rings. The van der Waals surface area contributed by atoms with Crippen molar-refractivity contribution in [3.8, 4) is 0 Å². The van der Waals surface area contributed by atoms with Crippen LogP contribution in [0, 0.1) is 5.92 Å². The monoisotopic (exact) mass is 375 g/mol. The topological polar surface area (TPSA) is 75.4 Å². The predicted molar refractivity (Wildman–Crippen MR) is 87.4 cm³/mol. The lowest BCUT2D eigenvalue weighted by molar-refractivity contribution is 0.220. The van der Waals surface area contributed by atoms with E-state index < -0.39 is 10.0 Å². The van der Waals surface area contributed by atoms with Gasteiger partial charge in [-0.2, -0.15) is 0 Å². The molecule has 1 fully saturated rings. The van der Waals surface area contributed by atoms with E-state index in [4.69, 9.17) is 5.73 Å². The number of halogens is 1. The minimum Gasteiger partial charge on any atom is -0.326 e. The van der Waals surface area contributed by atoms with Crippen molar-refractivity contribution in [1.82, 2.24) is 9.62 Å². The van der Waals surface area contributed by atoms with Gasteiger partial charge in [0.05, 0.1) is 4.90 Å². The summed E-state index contributed by atoms with van der Waals surface area (Å²) < 4.78 is 28.0. The molecule has 0 atom stereocenters. The fourth-order valence-corrected chi connectivity index (χ4v) is 4.70. The fourth-order valence-electron chi connectivity index (χ4n) is 2.46. The van der Waals surface area contributed by atoms with Gasteiger partial charge >= 0.3 is 0 Å². The first-order valence-electron chi connectivity index (χ1n) is 7.09. The van der Waals surface area contributed by atoms with Gasteiger partial charge in [-0.05, 0) is 72.5 Å². The number of nitrogens with two attached hydrogens (primary N) is 1. The largest absolute Gasteiger partial charge is 0.326 e. The van der Waals surface area contributed by atoms with Gasteiger partial charge in [0, 0.05) is 17.6 Å². The van der Waals surface area contributed by atoms with Gasteiger partial charge in [0.25, 0.3) is 0 Å². The van der Waals surface area contributed by atoms with Crippen LogP contribution in [0.25, 0.3) is 0 Å². The number of hydrogen-bond acceptors (Lipinski definition) is 4. The second-order valence-corrected chi connectivity index (χ2v) is 8.16. The lowest BCUT2D eigenvalue weighted by atomic mass is 9.98. The summed E-state index contributed by atoms with van der Waals surface area (Å²) in [7, 11) is -1.39. The van der Waals surface area contributed by atoms with Crippen LogP contribution in [0.3, 0.4) is 0 Å². The number of rotatable bonds is 5. The van der Waals surface area contributed by atoms with Gasteiger partial charge in [-0.1, -0.05) is 6.07 Å². The molecule has 0 bridgehead atoms. The Morgan fingerprint density at radius 3 is 2.62 bits per heavy atom. The zero-order valence-electron chi connectivity index (χ0n) is 12.2. The molecule has 1 saturated heterocycles. The molecular weight excluding hydrogens is 354 g/mol. The number of piperidine rings is 1. The van der Waals surface area contributed by atoms with Crippen molar-refractivity contribution in [2.45, 2.75) is 24.3 Å². The first-order valence-corrected chi connectivity index (χ1v) is 9.36. The summed E-state index contributed by atoms with van der Waals surface area (Å²) >= 11 is 3.32. The maximum atomic E-state index is 12.4. The number of benzene rings is 1. The molecule has 0 saturated carbocycles. The molecule has 7 heteroatoms. The van der Waals surface area contributed by atoms with Crippen LogP contribution in [0.1, 0.15) is 18.4 Å². The Morgan fingerprint density at radius 1 is 1.38 bits per heavy atom. The van der Waals surface area contributed by atoms with Crippen molar-refractivity contribution in [2.75, 3.05) is 26.7 Å². The van der Waals surface area contributed by atoms with Crippen LogP contribution in [0.15, 0.2) is 27.6 Å². The van der Waals surface area contributed by atoms with Crippen LogP contribution in [-0.2, 0) is 16.6 Å². The van der Waals surface area contributed by atoms with Crippen LogP contribution in [0.4, 0.5) is 0 Å². The molecule has 0 spiro atoms. The van der Waals surface area contributed by atoms with Crippen LogP contribution >= 0.6 is 15.9 Å². The van der Waals surface area contributed by atoms with E-state index in [1.807, 2.05) is 0 Å². The maximum absolute atomic E-state index is 12.4. The van der Waals surface area contributed by atoms with Gasteiger partial charge in [-0.15, -0.1) is 0 Å². The Balaban J connectivity index is 2.01. The highest BCUT2D eigenvalue weighted by atomic mass is 79.9. The highest BCUT2D eigenvalue weighted by molar-refractivity contribution is 9.10. The highest BCUT2D eigenvalue weighted by Gasteiger charge is 2.22. The third-order valence-corrected chi connectivity index (χ3v) is 6.32. The maximum Gasteiger partial charge on any atom is 0.241 e. The summed E-state index contributed by atoms with van der Waals surface area (Å²) in [5.41, 5.74) is 6.45. The van der Waals surface area contributed by atoms with Crippen molar-refractivity contribution in [3.63, 3.8) is 0 Å². The Labute approximate surface area is 135 Å². The van der Waals surface area contributed by atoms with Gasteiger partial charge in [-0.25, -0.2) is 13.1 Å². The number of nitrogens with one attached hydrogen (secondary N) is 1. The van der Waals surface area contributed by atoms with Crippen molar-refractivity contribution in [3.05, 3.63) is 28.2 Å². The summed E-state index contributed by atoms with van der Waals surface area (Å²) in [5, 5.41) is 0. The molecule has 1 heterocycles. The normalized spacial score (nSPS) is 18.0. The summed E-state index contributed by atoms with van der Waals surface area (Å²) in [4.78, 5) is 2.54. The molecule has 0 radical (unpaired) electrons. The molecule has 21 heavy (non-hydrogen) atoms. The van der Waals surface area contributed by atoms with Gasteiger partial charge in [-0.3, -0.25) is 0 Å². The number of likely N-dealkylation sites (tertiary alicyclic amines) is 1. The first kappa shape index (κ1) is 16.9. The van der Waals surface area contributed by atoms with Gasteiger partial charge in [0.2, 0.25) is 10.0 Å². The van der Waals surface area contributed by atoms with Gasteiger partial charge in [0.1, 0.15) is 0 Å². The van der Waals surface area contributed by atoms with E-state index >= 15 is 0 Å². The van der Waals surface area contributed by atoms with E-state index in [2.05, 4.69) is 32.6 Å². The number of hydrogen-bond donors (Lipinski definition) is 2. The van der Waals surface area contributed by atoms with Crippen molar-refractivity contribution < 1.29 is 8.42 Å². The highest BCUT2D eigenvalue weighted by Crippen LogP contribution is 2.24. The molecule has 0 unspecified atom stereocenters. The molecule has 0 aromatic heterocycles. The molecule has 0 amide bonds. The van der Waals surface area contributed by atoms with E-state index in [1.165, 1.54) is 0 Å². The van der Waals surface area contributed by atoms with Crippen LogP contribution in [0.2, 0.25) is 0 Å². The third kappa shape index (κ3) is 4.50. The SMILES string of the molecule is CN1CCC(CNS(=O)(=O)c2ccc(CN)cc2Br)CC1. The molecule has 3 N–H and O–H groups in total. The van der Waals surface area contributed by atoms with Crippen LogP contribution in [0.5, 0.6) is 0 Å². The quantitative estimate of drug-likeness (QED) is 0.817. The predicted octanol–water partition coefficient (Wildman–Crippen LogP) is 1.53. The van der Waals surface area contributed by atoms with Gasteiger partial charge < -0.3 is 10.6 Å². The lowest BCUT2D eigenvalue weighted by Crippen LogP contribution is -2.36. The Bertz CT molecular complexity index is 584. The Morgan fingerprint density at radius 2 is 2.05 bits per heavy atom. The number of sulfonamides is 1. The van der Waals surface area contributed by atoms with E-state index in [-0.39, 0.29) is 4.90 Å². The van der Waals surface area contributed by atoms with E-state index in [1.54, 1.807) is 18.2 Å². The number of nitrogens with zero attached hydrogens (tertiary/aromatic N) is 1. The van der Waals surface area contributed by atoms with Crippen molar-refractivity contribution in [1.29, 1.82) is 0 Å².